The van der Waals surface area contributed by atoms with Gasteiger partial charge in [0.25, 0.3) is 0 Å². The highest BCUT2D eigenvalue weighted by Crippen LogP contribution is 2.28. The molecule has 3 rings (SSSR count). The molecular formula is C13H8F3N3S. The standard InChI is InChI=1S/C13H8F3N3S/c14-8-3-10(16)12(4-9(8)15)19-5-11(17)13(18-19)7-1-2-20-6-7/h1-6H,17H2. The van der Waals surface area contributed by atoms with Gasteiger partial charge in [0.1, 0.15) is 11.4 Å². The van der Waals surface area contributed by atoms with Crippen molar-refractivity contribution < 1.29 is 13.2 Å². The fraction of sp³-hybridized carbons (Fsp3) is 0. The first-order chi connectivity index (χ1) is 9.56. The quantitative estimate of drug-likeness (QED) is 0.734. The molecule has 0 atom stereocenters. The smallest absolute Gasteiger partial charge is 0.161 e. The number of nitrogens with two attached hydrogens (primary N) is 1. The lowest BCUT2D eigenvalue weighted by Gasteiger charge is -2.03. The van der Waals surface area contributed by atoms with Gasteiger partial charge in [-0.15, -0.1) is 0 Å². The Hall–Kier alpha value is -2.28. The topological polar surface area (TPSA) is 43.8 Å². The van der Waals surface area contributed by atoms with Crippen molar-refractivity contribution in [1.29, 1.82) is 0 Å². The van der Waals surface area contributed by atoms with E-state index in [2.05, 4.69) is 5.10 Å². The van der Waals surface area contributed by atoms with E-state index in [0.29, 0.717) is 17.4 Å². The monoisotopic (exact) mass is 295 g/mol. The van der Waals surface area contributed by atoms with Crippen LogP contribution >= 0.6 is 11.3 Å². The lowest BCUT2D eigenvalue weighted by atomic mass is 10.2. The molecule has 2 aromatic heterocycles. The fourth-order valence-electron chi connectivity index (χ4n) is 1.82. The molecule has 0 amide bonds. The minimum absolute atomic E-state index is 0.197. The van der Waals surface area contributed by atoms with E-state index in [1.165, 1.54) is 17.5 Å². The van der Waals surface area contributed by atoms with E-state index in [-0.39, 0.29) is 5.69 Å². The summed E-state index contributed by atoms with van der Waals surface area (Å²) in [6.45, 7) is 0. The average Bonchev–Trinajstić information content (AvgIpc) is 3.02. The van der Waals surface area contributed by atoms with Crippen molar-refractivity contribution in [2.24, 2.45) is 0 Å². The van der Waals surface area contributed by atoms with Crippen molar-refractivity contribution in [3.8, 4) is 16.9 Å². The predicted octanol–water partition coefficient (Wildman–Crippen LogP) is 3.60. The van der Waals surface area contributed by atoms with Crippen LogP contribution in [0.4, 0.5) is 18.9 Å². The minimum Gasteiger partial charge on any atom is -0.396 e. The van der Waals surface area contributed by atoms with Gasteiger partial charge in [-0.1, -0.05) is 0 Å². The van der Waals surface area contributed by atoms with Crippen LogP contribution in [0.2, 0.25) is 0 Å². The third-order valence-corrected chi connectivity index (χ3v) is 3.46. The summed E-state index contributed by atoms with van der Waals surface area (Å²) in [6, 6.07) is 3.04. The number of hydrogen-bond acceptors (Lipinski definition) is 3. The Morgan fingerprint density at radius 3 is 2.55 bits per heavy atom. The molecule has 0 spiro atoms. The number of nitrogen functional groups attached to an aromatic ring is 1. The van der Waals surface area contributed by atoms with Gasteiger partial charge in [-0.25, -0.2) is 17.9 Å². The van der Waals surface area contributed by atoms with Gasteiger partial charge in [-0.05, 0) is 11.4 Å². The molecule has 7 heteroatoms. The van der Waals surface area contributed by atoms with Gasteiger partial charge in [0.2, 0.25) is 0 Å². The van der Waals surface area contributed by atoms with Gasteiger partial charge in [0.05, 0.1) is 11.9 Å². The van der Waals surface area contributed by atoms with Gasteiger partial charge in [0, 0.05) is 23.1 Å². The summed E-state index contributed by atoms with van der Waals surface area (Å²) in [5.41, 5.74) is 7.20. The van der Waals surface area contributed by atoms with Crippen molar-refractivity contribution in [3.63, 3.8) is 0 Å². The van der Waals surface area contributed by atoms with Gasteiger partial charge in [0.15, 0.2) is 17.5 Å². The van der Waals surface area contributed by atoms with Crippen molar-refractivity contribution in [3.05, 3.63) is 52.6 Å². The highest BCUT2D eigenvalue weighted by Gasteiger charge is 2.15. The molecule has 0 saturated heterocycles. The van der Waals surface area contributed by atoms with E-state index in [9.17, 15) is 13.2 Å². The summed E-state index contributed by atoms with van der Waals surface area (Å²) in [5.74, 6) is -3.31. The normalized spacial score (nSPS) is 10.9. The Bertz CT molecular complexity index is 766. The second kappa shape index (κ2) is 4.68. The van der Waals surface area contributed by atoms with Crippen LogP contribution in [0.1, 0.15) is 0 Å². The summed E-state index contributed by atoms with van der Waals surface area (Å²) in [5, 5.41) is 7.81. The summed E-state index contributed by atoms with van der Waals surface area (Å²) in [7, 11) is 0. The van der Waals surface area contributed by atoms with Crippen LogP contribution in [0.15, 0.2) is 35.2 Å². The van der Waals surface area contributed by atoms with Crippen LogP contribution < -0.4 is 5.73 Å². The Kier molecular flexibility index (Phi) is 2.98. The molecule has 3 aromatic rings. The first-order valence-electron chi connectivity index (χ1n) is 5.59. The Morgan fingerprint density at radius 1 is 1.10 bits per heavy atom. The van der Waals surface area contributed by atoms with Crippen molar-refractivity contribution in [2.45, 2.75) is 0 Å². The minimum atomic E-state index is -1.25. The largest absolute Gasteiger partial charge is 0.396 e. The molecule has 20 heavy (non-hydrogen) atoms. The maximum atomic E-state index is 13.7. The first kappa shape index (κ1) is 12.7. The highest BCUT2D eigenvalue weighted by molar-refractivity contribution is 7.08. The van der Waals surface area contributed by atoms with Gasteiger partial charge >= 0.3 is 0 Å². The molecule has 0 aliphatic heterocycles. The van der Waals surface area contributed by atoms with Crippen LogP contribution in [0, 0.1) is 17.5 Å². The number of aromatic nitrogens is 2. The van der Waals surface area contributed by atoms with Gasteiger partial charge in [-0.2, -0.15) is 16.4 Å². The lowest BCUT2D eigenvalue weighted by Crippen LogP contribution is -2.01. The number of anilines is 1. The zero-order chi connectivity index (χ0) is 14.3. The van der Waals surface area contributed by atoms with E-state index < -0.39 is 17.5 Å². The zero-order valence-corrected chi connectivity index (χ0v) is 10.8. The molecule has 0 radical (unpaired) electrons. The Labute approximate surface area is 116 Å². The molecule has 0 unspecified atom stereocenters. The molecule has 0 aliphatic rings. The number of hydrogen-bond donors (Lipinski definition) is 1. The molecule has 0 aliphatic carbocycles. The van der Waals surface area contributed by atoms with Crippen molar-refractivity contribution >= 4 is 17.0 Å². The molecule has 1 aromatic carbocycles. The maximum Gasteiger partial charge on any atom is 0.161 e. The van der Waals surface area contributed by atoms with E-state index in [1.807, 2.05) is 16.8 Å². The van der Waals surface area contributed by atoms with Crippen molar-refractivity contribution in [1.82, 2.24) is 9.78 Å². The predicted molar refractivity (Wildman–Crippen MR) is 71.2 cm³/mol. The van der Waals surface area contributed by atoms with E-state index in [1.54, 1.807) is 0 Å². The van der Waals surface area contributed by atoms with Crippen LogP contribution in [0.5, 0.6) is 0 Å². The lowest BCUT2D eigenvalue weighted by molar-refractivity contribution is 0.491. The maximum absolute atomic E-state index is 13.7. The first-order valence-corrected chi connectivity index (χ1v) is 6.53. The summed E-state index contributed by atoms with van der Waals surface area (Å²) >= 11 is 1.47. The third-order valence-electron chi connectivity index (χ3n) is 2.77. The molecule has 2 N–H and O–H groups in total. The third kappa shape index (κ3) is 2.05. The summed E-state index contributed by atoms with van der Waals surface area (Å²) < 4.78 is 40.9. The van der Waals surface area contributed by atoms with E-state index in [4.69, 9.17) is 5.73 Å². The summed E-state index contributed by atoms with van der Waals surface area (Å²) in [6.07, 6.45) is 1.36. The van der Waals surface area contributed by atoms with Crippen LogP contribution in [0.25, 0.3) is 16.9 Å². The number of nitrogens with zero attached hydrogens (tertiary/aromatic N) is 2. The SMILES string of the molecule is Nc1cn(-c2cc(F)c(F)cc2F)nc1-c1ccsc1. The van der Waals surface area contributed by atoms with Gasteiger partial charge in [-0.3, -0.25) is 0 Å². The number of thiophene rings is 1. The second-order valence-corrected chi connectivity index (χ2v) is 4.89. The highest BCUT2D eigenvalue weighted by atomic mass is 32.1. The van der Waals surface area contributed by atoms with Crippen molar-refractivity contribution in [2.75, 3.05) is 5.73 Å². The Morgan fingerprint density at radius 2 is 1.85 bits per heavy atom. The molecule has 3 nitrogen and oxygen atoms in total. The molecule has 102 valence electrons. The van der Waals surface area contributed by atoms with Crippen LogP contribution in [0.3, 0.4) is 0 Å². The number of rotatable bonds is 2. The van der Waals surface area contributed by atoms with E-state index >= 15 is 0 Å². The molecule has 2 heterocycles. The zero-order valence-electron chi connectivity index (χ0n) is 9.98. The Balaban J connectivity index is 2.13. The number of halogens is 3. The van der Waals surface area contributed by atoms with Gasteiger partial charge < -0.3 is 5.73 Å². The molecule has 0 fully saturated rings. The van der Waals surface area contributed by atoms with E-state index in [0.717, 1.165) is 16.3 Å². The number of benzene rings is 1. The molecular weight excluding hydrogens is 287 g/mol. The molecule has 0 saturated carbocycles. The molecule has 0 bridgehead atoms. The fourth-order valence-corrected chi connectivity index (χ4v) is 2.46. The summed E-state index contributed by atoms with van der Waals surface area (Å²) in [4.78, 5) is 0. The average molecular weight is 295 g/mol. The van der Waals surface area contributed by atoms with Crippen LogP contribution in [-0.4, -0.2) is 9.78 Å². The second-order valence-electron chi connectivity index (χ2n) is 4.11. The van der Waals surface area contributed by atoms with Crippen LogP contribution in [-0.2, 0) is 0 Å².